The minimum atomic E-state index is -4.49. The molecule has 8 heteroatoms. The predicted molar refractivity (Wildman–Crippen MR) is 99.5 cm³/mol. The number of para-hydroxylation sites is 1. The molecule has 2 aromatic carbocycles. The maximum absolute atomic E-state index is 12.2. The first kappa shape index (κ1) is 21.3. The van der Waals surface area contributed by atoms with Gasteiger partial charge in [-0.2, -0.15) is 13.2 Å². The number of halogens is 3. The van der Waals surface area contributed by atoms with Crippen molar-refractivity contribution in [2.45, 2.75) is 25.9 Å². The number of alkyl halides is 3. The smallest absolute Gasteiger partial charge is 0.405 e. The lowest BCUT2D eigenvalue weighted by Gasteiger charge is -2.14. The van der Waals surface area contributed by atoms with Gasteiger partial charge in [-0.1, -0.05) is 38.1 Å². The third kappa shape index (κ3) is 6.61. The van der Waals surface area contributed by atoms with Crippen LogP contribution in [0.15, 0.2) is 48.5 Å². The maximum Gasteiger partial charge on any atom is 0.405 e. The van der Waals surface area contributed by atoms with Crippen LogP contribution in [-0.2, 0) is 4.79 Å². The zero-order chi connectivity index (χ0) is 20.7. The second-order valence-corrected chi connectivity index (χ2v) is 6.41. The number of hydrogen-bond donors (Lipinski definition) is 2. The van der Waals surface area contributed by atoms with Crippen molar-refractivity contribution < 1.29 is 27.5 Å². The lowest BCUT2D eigenvalue weighted by Crippen LogP contribution is -2.33. The monoisotopic (exact) mass is 394 g/mol. The molecule has 150 valence electrons. The predicted octanol–water partition coefficient (Wildman–Crippen LogP) is 4.12. The van der Waals surface area contributed by atoms with Crippen molar-refractivity contribution in [1.82, 2.24) is 5.32 Å². The van der Waals surface area contributed by atoms with E-state index >= 15 is 0 Å². The molecule has 2 N–H and O–H groups in total. The van der Waals surface area contributed by atoms with Crippen LogP contribution in [0.4, 0.5) is 18.9 Å². The van der Waals surface area contributed by atoms with Gasteiger partial charge in [-0.15, -0.1) is 0 Å². The molecule has 0 unspecified atom stereocenters. The fraction of sp³-hybridized carbons (Fsp3) is 0.300. The molecule has 0 heterocycles. The quantitative estimate of drug-likeness (QED) is 0.742. The first-order valence-corrected chi connectivity index (χ1v) is 8.62. The van der Waals surface area contributed by atoms with E-state index in [0.717, 1.165) is 5.56 Å². The highest BCUT2D eigenvalue weighted by molar-refractivity contribution is 5.97. The molecule has 0 aromatic heterocycles. The number of carbonyl (C=O) groups excluding carboxylic acids is 2. The minimum Gasteiger partial charge on any atom is -0.483 e. The van der Waals surface area contributed by atoms with Gasteiger partial charge in [0, 0.05) is 11.3 Å². The van der Waals surface area contributed by atoms with Crippen molar-refractivity contribution in [3.63, 3.8) is 0 Å². The van der Waals surface area contributed by atoms with Gasteiger partial charge >= 0.3 is 6.18 Å². The number of anilines is 1. The number of benzene rings is 2. The Morgan fingerprint density at radius 2 is 1.79 bits per heavy atom. The van der Waals surface area contributed by atoms with Crippen LogP contribution in [0.2, 0.25) is 0 Å². The van der Waals surface area contributed by atoms with Gasteiger partial charge in [0.2, 0.25) is 0 Å². The fourth-order valence-corrected chi connectivity index (χ4v) is 2.45. The molecule has 0 saturated heterocycles. The average molecular weight is 394 g/mol. The molecule has 0 aliphatic carbocycles. The topological polar surface area (TPSA) is 67.4 Å². The lowest BCUT2D eigenvalue weighted by atomic mass is 10.0. The van der Waals surface area contributed by atoms with Crippen LogP contribution < -0.4 is 15.4 Å². The molecule has 0 radical (unpaired) electrons. The highest BCUT2D eigenvalue weighted by Gasteiger charge is 2.27. The first-order valence-electron chi connectivity index (χ1n) is 8.62. The Morgan fingerprint density at radius 3 is 2.46 bits per heavy atom. The number of amides is 2. The number of carbonyl (C=O) groups is 2. The Kier molecular flexibility index (Phi) is 7.03. The number of hydrogen-bond acceptors (Lipinski definition) is 3. The molecule has 2 aromatic rings. The summed E-state index contributed by atoms with van der Waals surface area (Å²) in [5, 5.41) is 4.34. The van der Waals surface area contributed by atoms with Crippen LogP contribution in [0.25, 0.3) is 0 Å². The third-order valence-corrected chi connectivity index (χ3v) is 3.76. The molecule has 2 rings (SSSR count). The van der Waals surface area contributed by atoms with Gasteiger partial charge in [0.25, 0.3) is 11.8 Å². The fourth-order valence-electron chi connectivity index (χ4n) is 2.45. The molecular formula is C20H21F3N2O3. The maximum atomic E-state index is 12.2. The molecule has 0 fully saturated rings. The highest BCUT2D eigenvalue weighted by atomic mass is 19.4. The van der Waals surface area contributed by atoms with Crippen LogP contribution >= 0.6 is 0 Å². The van der Waals surface area contributed by atoms with Gasteiger partial charge < -0.3 is 15.4 Å². The summed E-state index contributed by atoms with van der Waals surface area (Å²) in [7, 11) is 0. The molecule has 2 amide bonds. The number of ether oxygens (including phenoxy) is 1. The van der Waals surface area contributed by atoms with Gasteiger partial charge in [0.15, 0.2) is 6.61 Å². The van der Waals surface area contributed by atoms with Gasteiger partial charge in [0.1, 0.15) is 12.3 Å². The van der Waals surface area contributed by atoms with Crippen molar-refractivity contribution in [1.29, 1.82) is 0 Å². The average Bonchev–Trinajstić information content (AvgIpc) is 2.64. The van der Waals surface area contributed by atoms with E-state index in [2.05, 4.69) is 5.32 Å². The molecule has 0 aliphatic rings. The van der Waals surface area contributed by atoms with E-state index in [9.17, 15) is 22.8 Å². The zero-order valence-corrected chi connectivity index (χ0v) is 15.5. The molecule has 0 aliphatic heterocycles. The van der Waals surface area contributed by atoms with Crippen molar-refractivity contribution in [3.05, 3.63) is 59.7 Å². The largest absolute Gasteiger partial charge is 0.483 e. The van der Waals surface area contributed by atoms with Crippen LogP contribution in [0.1, 0.15) is 35.7 Å². The van der Waals surface area contributed by atoms with Crippen molar-refractivity contribution in [2.24, 2.45) is 0 Å². The molecule has 5 nitrogen and oxygen atoms in total. The number of rotatable bonds is 7. The van der Waals surface area contributed by atoms with Gasteiger partial charge in [-0.25, -0.2) is 0 Å². The van der Waals surface area contributed by atoms with Crippen LogP contribution in [0.5, 0.6) is 5.75 Å². The van der Waals surface area contributed by atoms with Crippen molar-refractivity contribution in [2.75, 3.05) is 18.5 Å². The molecule has 0 saturated carbocycles. The van der Waals surface area contributed by atoms with Crippen LogP contribution in [0, 0.1) is 0 Å². The summed E-state index contributed by atoms with van der Waals surface area (Å²) >= 11 is 0. The second-order valence-electron chi connectivity index (χ2n) is 6.41. The molecule has 0 spiro atoms. The highest BCUT2D eigenvalue weighted by Crippen LogP contribution is 2.25. The van der Waals surface area contributed by atoms with Gasteiger partial charge in [-0.3, -0.25) is 9.59 Å². The normalized spacial score (nSPS) is 11.2. The van der Waals surface area contributed by atoms with E-state index in [4.69, 9.17) is 4.74 Å². The van der Waals surface area contributed by atoms with Crippen LogP contribution in [0.3, 0.4) is 0 Å². The summed E-state index contributed by atoms with van der Waals surface area (Å²) in [6.07, 6.45) is -4.49. The summed E-state index contributed by atoms with van der Waals surface area (Å²) in [6.45, 7) is 2.36. The summed E-state index contributed by atoms with van der Waals surface area (Å²) in [5.41, 5.74) is 1.26. The lowest BCUT2D eigenvalue weighted by molar-refractivity contribution is -0.123. The van der Waals surface area contributed by atoms with E-state index in [-0.39, 0.29) is 23.8 Å². The van der Waals surface area contributed by atoms with E-state index < -0.39 is 24.5 Å². The summed E-state index contributed by atoms with van der Waals surface area (Å²) in [5.74, 6) is -0.499. The Bertz CT molecular complexity index is 835. The summed E-state index contributed by atoms with van der Waals surface area (Å²) < 4.78 is 42.2. The summed E-state index contributed by atoms with van der Waals surface area (Å²) in [4.78, 5) is 23.9. The molecular weight excluding hydrogens is 373 g/mol. The van der Waals surface area contributed by atoms with E-state index in [1.54, 1.807) is 11.4 Å². The van der Waals surface area contributed by atoms with Crippen LogP contribution in [-0.4, -0.2) is 31.1 Å². The minimum absolute atomic E-state index is 0.00752. The van der Waals surface area contributed by atoms with E-state index in [1.807, 2.05) is 32.0 Å². The Morgan fingerprint density at radius 1 is 1.07 bits per heavy atom. The SMILES string of the molecule is CC(C)c1ccccc1OCC(=O)Nc1cccc(C(=O)NCC(F)(F)F)c1. The number of nitrogens with one attached hydrogen (secondary N) is 2. The van der Waals surface area contributed by atoms with E-state index in [0.29, 0.717) is 5.75 Å². The Balaban J connectivity index is 1.95. The molecule has 0 atom stereocenters. The van der Waals surface area contributed by atoms with Crippen molar-refractivity contribution in [3.8, 4) is 5.75 Å². The zero-order valence-electron chi connectivity index (χ0n) is 15.5. The van der Waals surface area contributed by atoms with E-state index in [1.165, 1.54) is 24.3 Å². The Labute approximate surface area is 160 Å². The van der Waals surface area contributed by atoms with Crippen molar-refractivity contribution >= 4 is 17.5 Å². The molecule has 28 heavy (non-hydrogen) atoms. The first-order chi connectivity index (χ1) is 13.2. The standard InChI is InChI=1S/C20H21F3N2O3/c1-13(2)16-8-3-4-9-17(16)28-11-18(26)25-15-7-5-6-14(10-15)19(27)24-12-20(21,22)23/h3-10,13H,11-12H2,1-2H3,(H,24,27)(H,25,26). The third-order valence-electron chi connectivity index (χ3n) is 3.76. The van der Waals surface area contributed by atoms with Gasteiger partial charge in [0.05, 0.1) is 0 Å². The second kappa shape index (κ2) is 9.25. The Hall–Kier alpha value is -3.03. The van der Waals surface area contributed by atoms with Gasteiger partial charge in [-0.05, 0) is 35.7 Å². The molecule has 0 bridgehead atoms. The summed E-state index contributed by atoms with van der Waals surface area (Å²) in [6, 6.07) is 13.0.